The molecule has 0 aromatic heterocycles. The van der Waals surface area contributed by atoms with Gasteiger partial charge < -0.3 is 15.7 Å². The van der Waals surface area contributed by atoms with Crippen LogP contribution in [-0.4, -0.2) is 29.7 Å². The van der Waals surface area contributed by atoms with Crippen molar-refractivity contribution >= 4 is 21.8 Å². The Hall–Kier alpha value is -1.83. The van der Waals surface area contributed by atoms with Crippen molar-refractivity contribution < 1.29 is 18.7 Å². The van der Waals surface area contributed by atoms with E-state index in [2.05, 4.69) is 26.6 Å². The fourth-order valence-electron chi connectivity index (χ4n) is 2.68. The van der Waals surface area contributed by atoms with E-state index in [-0.39, 0.29) is 18.9 Å². The van der Waals surface area contributed by atoms with Crippen LogP contribution in [0, 0.1) is 11.6 Å². The van der Waals surface area contributed by atoms with E-state index in [4.69, 9.17) is 0 Å². The Labute approximate surface area is 159 Å². The fourth-order valence-corrected chi connectivity index (χ4v) is 3.13. The van der Waals surface area contributed by atoms with Gasteiger partial charge in [0, 0.05) is 30.6 Å². The number of aliphatic hydroxyl groups is 1. The maximum atomic E-state index is 13.4. The Morgan fingerprint density at radius 3 is 2.46 bits per heavy atom. The molecule has 0 aliphatic carbocycles. The van der Waals surface area contributed by atoms with Gasteiger partial charge in [-0.2, -0.15) is 0 Å². The lowest BCUT2D eigenvalue weighted by Gasteiger charge is -2.24. The molecule has 0 radical (unpaired) electrons. The van der Waals surface area contributed by atoms with Crippen molar-refractivity contribution in [2.45, 2.75) is 32.0 Å². The molecule has 2 atom stereocenters. The molecule has 2 aromatic rings. The summed E-state index contributed by atoms with van der Waals surface area (Å²) >= 11 is 3.40. The maximum absolute atomic E-state index is 13.4. The summed E-state index contributed by atoms with van der Waals surface area (Å²) in [4.78, 5) is 11.4. The van der Waals surface area contributed by atoms with Gasteiger partial charge in [-0.3, -0.25) is 4.79 Å². The smallest absolute Gasteiger partial charge is 0.217 e. The highest BCUT2D eigenvalue weighted by Crippen LogP contribution is 2.13. The average Bonchev–Trinajstić information content (AvgIpc) is 2.53. The van der Waals surface area contributed by atoms with E-state index >= 15 is 0 Å². The minimum atomic E-state index is -0.919. The number of benzene rings is 2. The predicted molar refractivity (Wildman–Crippen MR) is 99.5 cm³/mol. The number of nitrogens with one attached hydrogen (secondary N) is 2. The van der Waals surface area contributed by atoms with Gasteiger partial charge in [-0.25, -0.2) is 8.78 Å². The monoisotopic (exact) mass is 426 g/mol. The molecule has 0 aliphatic rings. The molecular weight excluding hydrogens is 406 g/mol. The van der Waals surface area contributed by atoms with Crippen LogP contribution in [0.25, 0.3) is 0 Å². The first kappa shape index (κ1) is 20.5. The molecule has 0 heterocycles. The quantitative estimate of drug-likeness (QED) is 0.607. The predicted octanol–water partition coefficient (Wildman–Crippen LogP) is 2.93. The van der Waals surface area contributed by atoms with E-state index < -0.39 is 23.8 Å². The zero-order valence-electron chi connectivity index (χ0n) is 14.3. The Balaban J connectivity index is 1.97. The first-order valence-electron chi connectivity index (χ1n) is 8.19. The molecule has 2 aromatic carbocycles. The molecular formula is C19H21BrF2N2O2. The number of hydrogen-bond acceptors (Lipinski definition) is 3. The van der Waals surface area contributed by atoms with E-state index in [0.717, 1.165) is 16.1 Å². The van der Waals surface area contributed by atoms with Crippen LogP contribution in [0.5, 0.6) is 0 Å². The molecule has 0 aliphatic heterocycles. The van der Waals surface area contributed by atoms with Crippen molar-refractivity contribution in [3.63, 3.8) is 0 Å². The minimum Gasteiger partial charge on any atom is -0.390 e. The zero-order chi connectivity index (χ0) is 19.1. The van der Waals surface area contributed by atoms with Gasteiger partial charge in [-0.15, -0.1) is 0 Å². The Morgan fingerprint density at radius 1 is 1.15 bits per heavy atom. The molecule has 0 saturated carbocycles. The molecule has 3 N–H and O–H groups in total. The minimum absolute atomic E-state index is 0.119. The van der Waals surface area contributed by atoms with E-state index in [1.807, 2.05) is 24.3 Å². The number of carbonyl (C=O) groups is 1. The molecule has 7 heteroatoms. The molecule has 0 fully saturated rings. The fraction of sp³-hybridized carbons (Fsp3) is 0.316. The standard InChI is InChI=1S/C19H21BrF2N2O2/c1-12(25)24-18(8-14-6-16(21)9-17(22)7-14)19(26)11-23-10-13-3-2-4-15(20)5-13/h2-7,9,18-19,23,26H,8,10-11H2,1H3,(H,24,25). The lowest BCUT2D eigenvalue weighted by Crippen LogP contribution is -2.48. The zero-order valence-corrected chi connectivity index (χ0v) is 15.9. The summed E-state index contributed by atoms with van der Waals surface area (Å²) in [5, 5.41) is 16.2. The second-order valence-corrected chi connectivity index (χ2v) is 7.03. The van der Waals surface area contributed by atoms with Crippen molar-refractivity contribution in [1.29, 1.82) is 0 Å². The van der Waals surface area contributed by atoms with Crippen LogP contribution in [0.15, 0.2) is 46.9 Å². The first-order valence-corrected chi connectivity index (χ1v) is 8.98. The summed E-state index contributed by atoms with van der Waals surface area (Å²) in [6, 6.07) is 10.3. The van der Waals surface area contributed by atoms with Crippen LogP contribution in [0.3, 0.4) is 0 Å². The van der Waals surface area contributed by atoms with Gasteiger partial charge in [0.2, 0.25) is 5.91 Å². The van der Waals surface area contributed by atoms with Crippen LogP contribution in [0.1, 0.15) is 18.1 Å². The van der Waals surface area contributed by atoms with E-state index in [0.29, 0.717) is 12.1 Å². The van der Waals surface area contributed by atoms with Crippen molar-refractivity contribution in [3.8, 4) is 0 Å². The average molecular weight is 427 g/mol. The number of carbonyl (C=O) groups excluding carboxylic acids is 1. The maximum Gasteiger partial charge on any atom is 0.217 e. The summed E-state index contributed by atoms with van der Waals surface area (Å²) in [6.07, 6.45) is -0.800. The molecule has 140 valence electrons. The SMILES string of the molecule is CC(=O)NC(Cc1cc(F)cc(F)c1)C(O)CNCc1cccc(Br)c1. The van der Waals surface area contributed by atoms with E-state index in [9.17, 15) is 18.7 Å². The second kappa shape index (κ2) is 9.75. The summed E-state index contributed by atoms with van der Waals surface area (Å²) in [6.45, 7) is 2.09. The molecule has 4 nitrogen and oxygen atoms in total. The van der Waals surface area contributed by atoms with E-state index in [1.165, 1.54) is 19.1 Å². The Kier molecular flexibility index (Phi) is 7.68. The molecule has 1 amide bonds. The number of halogens is 3. The Morgan fingerprint density at radius 2 is 1.85 bits per heavy atom. The number of aliphatic hydroxyl groups excluding tert-OH is 1. The lowest BCUT2D eigenvalue weighted by molar-refractivity contribution is -0.120. The van der Waals surface area contributed by atoms with Crippen LogP contribution < -0.4 is 10.6 Å². The molecule has 0 bridgehead atoms. The highest BCUT2D eigenvalue weighted by Gasteiger charge is 2.21. The third-order valence-electron chi connectivity index (χ3n) is 3.80. The third kappa shape index (κ3) is 6.82. The molecule has 2 rings (SSSR count). The van der Waals surface area contributed by atoms with Crippen molar-refractivity contribution in [3.05, 3.63) is 69.7 Å². The number of rotatable bonds is 8. The van der Waals surface area contributed by atoms with Crippen molar-refractivity contribution in [2.24, 2.45) is 0 Å². The summed E-state index contributed by atoms with van der Waals surface area (Å²) in [7, 11) is 0. The van der Waals surface area contributed by atoms with Crippen molar-refractivity contribution in [2.75, 3.05) is 6.54 Å². The summed E-state index contributed by atoms with van der Waals surface area (Å²) in [5.41, 5.74) is 1.40. The van der Waals surface area contributed by atoms with Gasteiger partial charge in [-0.05, 0) is 41.8 Å². The lowest BCUT2D eigenvalue weighted by atomic mass is 10.0. The Bertz CT molecular complexity index is 738. The summed E-state index contributed by atoms with van der Waals surface area (Å²) in [5.74, 6) is -1.70. The van der Waals surface area contributed by atoms with Gasteiger partial charge in [0.25, 0.3) is 0 Å². The normalized spacial score (nSPS) is 13.3. The van der Waals surface area contributed by atoms with Crippen LogP contribution in [-0.2, 0) is 17.8 Å². The van der Waals surface area contributed by atoms with Crippen LogP contribution >= 0.6 is 15.9 Å². The van der Waals surface area contributed by atoms with Gasteiger partial charge in [0.15, 0.2) is 0 Å². The number of hydrogen-bond donors (Lipinski definition) is 3. The third-order valence-corrected chi connectivity index (χ3v) is 4.30. The largest absolute Gasteiger partial charge is 0.390 e. The molecule has 2 unspecified atom stereocenters. The van der Waals surface area contributed by atoms with E-state index in [1.54, 1.807) is 0 Å². The van der Waals surface area contributed by atoms with Gasteiger partial charge in [-0.1, -0.05) is 28.1 Å². The molecule has 0 spiro atoms. The van der Waals surface area contributed by atoms with Crippen LogP contribution in [0.4, 0.5) is 8.78 Å². The summed E-state index contributed by atoms with van der Waals surface area (Å²) < 4.78 is 27.7. The van der Waals surface area contributed by atoms with Crippen LogP contribution in [0.2, 0.25) is 0 Å². The second-order valence-electron chi connectivity index (χ2n) is 6.12. The van der Waals surface area contributed by atoms with Gasteiger partial charge in [0.1, 0.15) is 11.6 Å². The van der Waals surface area contributed by atoms with Gasteiger partial charge >= 0.3 is 0 Å². The highest BCUT2D eigenvalue weighted by atomic mass is 79.9. The first-order chi connectivity index (χ1) is 12.3. The van der Waals surface area contributed by atoms with Crippen molar-refractivity contribution in [1.82, 2.24) is 10.6 Å². The molecule has 26 heavy (non-hydrogen) atoms. The van der Waals surface area contributed by atoms with Gasteiger partial charge in [0.05, 0.1) is 12.1 Å². The molecule has 0 saturated heterocycles. The highest BCUT2D eigenvalue weighted by molar-refractivity contribution is 9.10. The number of amides is 1. The topological polar surface area (TPSA) is 61.4 Å².